The van der Waals surface area contributed by atoms with Gasteiger partial charge in [-0.15, -0.1) is 0 Å². The zero-order chi connectivity index (χ0) is 15.5. The Bertz CT molecular complexity index is 662. The van der Waals surface area contributed by atoms with Crippen molar-refractivity contribution in [3.05, 3.63) is 53.9 Å². The average molecular weight is 303 g/mol. The molecule has 1 aromatic heterocycles. The van der Waals surface area contributed by atoms with Crippen molar-refractivity contribution in [1.29, 1.82) is 0 Å². The number of anilines is 2. The highest BCUT2D eigenvalue weighted by molar-refractivity contribution is 5.92. The quantitative estimate of drug-likeness (QED) is 0.946. The van der Waals surface area contributed by atoms with Gasteiger partial charge in [0, 0.05) is 13.1 Å². The Morgan fingerprint density at radius 2 is 1.77 bits per heavy atom. The van der Waals surface area contributed by atoms with Crippen LogP contribution in [0, 0.1) is 11.6 Å². The van der Waals surface area contributed by atoms with Crippen molar-refractivity contribution in [3.8, 4) is 0 Å². The van der Waals surface area contributed by atoms with Crippen LogP contribution in [0.5, 0.6) is 0 Å². The van der Waals surface area contributed by atoms with E-state index in [9.17, 15) is 13.6 Å². The third-order valence-corrected chi connectivity index (χ3v) is 3.61. The molecule has 0 aliphatic carbocycles. The molecule has 114 valence electrons. The monoisotopic (exact) mass is 303 g/mol. The number of likely N-dealkylation sites (tertiary alicyclic amines) is 1. The molecule has 1 saturated heterocycles. The van der Waals surface area contributed by atoms with E-state index in [2.05, 4.69) is 10.3 Å². The second-order valence-electron chi connectivity index (χ2n) is 5.15. The van der Waals surface area contributed by atoms with Crippen molar-refractivity contribution >= 4 is 17.3 Å². The molecule has 3 rings (SSSR count). The van der Waals surface area contributed by atoms with Gasteiger partial charge in [-0.1, -0.05) is 6.07 Å². The number of aromatic nitrogens is 1. The number of rotatable bonds is 3. The number of carbonyl (C=O) groups is 1. The minimum Gasteiger partial charge on any atom is -0.349 e. The number of hydrogen-bond acceptors (Lipinski definition) is 3. The molecular formula is C16H15F2N3O. The lowest BCUT2D eigenvalue weighted by atomic mass is 10.2. The van der Waals surface area contributed by atoms with Gasteiger partial charge in [0.05, 0.1) is 11.9 Å². The summed E-state index contributed by atoms with van der Waals surface area (Å²) in [5, 5.41) is 2.64. The van der Waals surface area contributed by atoms with Crippen LogP contribution in [-0.4, -0.2) is 28.9 Å². The Morgan fingerprint density at radius 3 is 2.36 bits per heavy atom. The maximum atomic E-state index is 13.6. The predicted molar refractivity (Wildman–Crippen MR) is 79.0 cm³/mol. The summed E-state index contributed by atoms with van der Waals surface area (Å²) in [7, 11) is 0. The van der Waals surface area contributed by atoms with Gasteiger partial charge in [0.1, 0.15) is 23.0 Å². The minimum absolute atomic E-state index is 0.110. The molecule has 4 nitrogen and oxygen atoms in total. The normalized spacial score (nSPS) is 14.2. The van der Waals surface area contributed by atoms with Gasteiger partial charge in [-0.3, -0.25) is 4.79 Å². The van der Waals surface area contributed by atoms with E-state index in [1.807, 2.05) is 0 Å². The van der Waals surface area contributed by atoms with E-state index in [-0.39, 0.29) is 11.6 Å². The topological polar surface area (TPSA) is 45.2 Å². The van der Waals surface area contributed by atoms with Crippen LogP contribution in [0.2, 0.25) is 0 Å². The molecule has 0 bridgehead atoms. The molecule has 2 aromatic rings. The van der Waals surface area contributed by atoms with E-state index in [1.54, 1.807) is 17.0 Å². The van der Waals surface area contributed by atoms with Crippen LogP contribution in [0.15, 0.2) is 36.5 Å². The van der Waals surface area contributed by atoms with Gasteiger partial charge in [-0.05, 0) is 37.1 Å². The van der Waals surface area contributed by atoms with Crippen LogP contribution in [0.3, 0.4) is 0 Å². The first-order chi connectivity index (χ1) is 10.6. The highest BCUT2D eigenvalue weighted by Gasteiger charge is 2.20. The smallest absolute Gasteiger partial charge is 0.272 e. The highest BCUT2D eigenvalue weighted by Crippen LogP contribution is 2.23. The second kappa shape index (κ2) is 6.09. The number of benzene rings is 1. The Balaban J connectivity index is 1.75. The van der Waals surface area contributed by atoms with Crippen molar-refractivity contribution in [1.82, 2.24) is 9.88 Å². The fraction of sp³-hybridized carbons (Fsp3) is 0.250. The zero-order valence-electron chi connectivity index (χ0n) is 11.9. The maximum absolute atomic E-state index is 13.6. The molecule has 1 aromatic carbocycles. The molecule has 1 aliphatic heterocycles. The standard InChI is InChI=1S/C16H15F2N3O/c17-12-4-3-5-13(18)15(12)20-11-6-7-14(19-10-11)16(22)21-8-1-2-9-21/h3-7,10,20H,1-2,8-9H2. The summed E-state index contributed by atoms with van der Waals surface area (Å²) in [4.78, 5) is 18.0. The van der Waals surface area contributed by atoms with Crippen molar-refractivity contribution in [3.63, 3.8) is 0 Å². The van der Waals surface area contributed by atoms with Gasteiger partial charge in [-0.25, -0.2) is 13.8 Å². The van der Waals surface area contributed by atoms with Gasteiger partial charge in [0.25, 0.3) is 5.91 Å². The van der Waals surface area contributed by atoms with E-state index in [0.29, 0.717) is 11.4 Å². The molecule has 1 aliphatic rings. The number of amides is 1. The summed E-state index contributed by atoms with van der Waals surface area (Å²) in [6.45, 7) is 1.50. The Kier molecular flexibility index (Phi) is 4.00. The van der Waals surface area contributed by atoms with Crippen LogP contribution in [0.4, 0.5) is 20.2 Å². The molecule has 0 radical (unpaired) electrons. The zero-order valence-corrected chi connectivity index (χ0v) is 11.9. The van der Waals surface area contributed by atoms with Crippen molar-refractivity contribution < 1.29 is 13.6 Å². The highest BCUT2D eigenvalue weighted by atomic mass is 19.1. The van der Waals surface area contributed by atoms with E-state index >= 15 is 0 Å². The lowest BCUT2D eigenvalue weighted by Gasteiger charge is -2.14. The SMILES string of the molecule is O=C(c1ccc(Nc2c(F)cccc2F)cn1)N1CCCC1. The Labute approximate surface area is 126 Å². The van der Waals surface area contributed by atoms with E-state index in [1.165, 1.54) is 24.4 Å². The molecule has 0 saturated carbocycles. The molecule has 6 heteroatoms. The molecule has 0 unspecified atom stereocenters. The molecule has 1 amide bonds. The number of pyridine rings is 1. The summed E-state index contributed by atoms with van der Waals surface area (Å²) in [6, 6.07) is 6.78. The predicted octanol–water partition coefficient (Wildman–Crippen LogP) is 3.34. The molecule has 0 atom stereocenters. The van der Waals surface area contributed by atoms with Crippen LogP contribution < -0.4 is 5.32 Å². The van der Waals surface area contributed by atoms with Gasteiger partial charge in [0.2, 0.25) is 0 Å². The number of nitrogens with one attached hydrogen (secondary N) is 1. The summed E-state index contributed by atoms with van der Waals surface area (Å²) in [5.41, 5.74) is 0.520. The Hall–Kier alpha value is -2.50. The van der Waals surface area contributed by atoms with Gasteiger partial charge >= 0.3 is 0 Å². The number of para-hydroxylation sites is 1. The number of carbonyl (C=O) groups excluding carboxylic acids is 1. The fourth-order valence-electron chi connectivity index (χ4n) is 2.44. The minimum atomic E-state index is -0.683. The lowest BCUT2D eigenvalue weighted by Crippen LogP contribution is -2.28. The van der Waals surface area contributed by atoms with E-state index in [4.69, 9.17) is 0 Å². The van der Waals surface area contributed by atoms with Crippen LogP contribution >= 0.6 is 0 Å². The van der Waals surface area contributed by atoms with Gasteiger partial charge in [-0.2, -0.15) is 0 Å². The molecule has 0 spiro atoms. The molecule has 2 heterocycles. The van der Waals surface area contributed by atoms with Crippen molar-refractivity contribution in [2.75, 3.05) is 18.4 Å². The molecule has 22 heavy (non-hydrogen) atoms. The van der Waals surface area contributed by atoms with Gasteiger partial charge < -0.3 is 10.2 Å². The number of nitrogens with zero attached hydrogens (tertiary/aromatic N) is 2. The summed E-state index contributed by atoms with van der Waals surface area (Å²) in [6.07, 6.45) is 3.42. The lowest BCUT2D eigenvalue weighted by molar-refractivity contribution is 0.0787. The first-order valence-corrected chi connectivity index (χ1v) is 7.11. The maximum Gasteiger partial charge on any atom is 0.272 e. The van der Waals surface area contributed by atoms with Crippen molar-refractivity contribution in [2.24, 2.45) is 0 Å². The van der Waals surface area contributed by atoms with Crippen LogP contribution in [0.1, 0.15) is 23.3 Å². The largest absolute Gasteiger partial charge is 0.349 e. The first-order valence-electron chi connectivity index (χ1n) is 7.11. The average Bonchev–Trinajstić information content (AvgIpc) is 3.05. The summed E-state index contributed by atoms with van der Waals surface area (Å²) < 4.78 is 27.1. The Morgan fingerprint density at radius 1 is 1.09 bits per heavy atom. The molecule has 1 N–H and O–H groups in total. The number of hydrogen-bond donors (Lipinski definition) is 1. The van der Waals surface area contributed by atoms with E-state index in [0.717, 1.165) is 25.9 Å². The third-order valence-electron chi connectivity index (χ3n) is 3.61. The van der Waals surface area contributed by atoms with Crippen molar-refractivity contribution in [2.45, 2.75) is 12.8 Å². The first kappa shape index (κ1) is 14.4. The van der Waals surface area contributed by atoms with E-state index < -0.39 is 11.6 Å². The fourth-order valence-corrected chi connectivity index (χ4v) is 2.44. The number of halogens is 2. The third kappa shape index (κ3) is 2.90. The molecule has 1 fully saturated rings. The van der Waals surface area contributed by atoms with Crippen LogP contribution in [-0.2, 0) is 0 Å². The van der Waals surface area contributed by atoms with Gasteiger partial charge in [0.15, 0.2) is 0 Å². The summed E-state index contributed by atoms with van der Waals surface area (Å²) in [5.74, 6) is -1.48. The van der Waals surface area contributed by atoms with Crippen LogP contribution in [0.25, 0.3) is 0 Å². The molecular weight excluding hydrogens is 288 g/mol. The second-order valence-corrected chi connectivity index (χ2v) is 5.15. The summed E-state index contributed by atoms with van der Waals surface area (Å²) >= 11 is 0.